The van der Waals surface area contributed by atoms with Gasteiger partial charge in [-0.25, -0.2) is 23.3 Å². The molecule has 2 aliphatic rings. The first-order valence-corrected chi connectivity index (χ1v) is 10.6. The Morgan fingerprint density at radius 3 is 1.23 bits per heavy atom. The average molecular weight is 395 g/mol. The second-order valence-corrected chi connectivity index (χ2v) is 4.39. The summed E-state index contributed by atoms with van der Waals surface area (Å²) in [6, 6.07) is 0. The van der Waals surface area contributed by atoms with Gasteiger partial charge in [0.2, 0.25) is 0 Å². The van der Waals surface area contributed by atoms with Crippen LogP contribution in [0.5, 0.6) is 0 Å². The van der Waals surface area contributed by atoms with E-state index >= 15 is 0 Å². The number of halogens is 2. The Morgan fingerprint density at radius 2 is 1.14 bits per heavy atom. The molecule has 0 spiro atoms. The van der Waals surface area contributed by atoms with Gasteiger partial charge in [-0.3, -0.25) is 12.2 Å². The van der Waals surface area contributed by atoms with E-state index in [1.807, 2.05) is 26.8 Å². The van der Waals surface area contributed by atoms with Crippen LogP contribution in [0.1, 0.15) is 53.4 Å². The van der Waals surface area contributed by atoms with E-state index in [1.165, 1.54) is 35.1 Å². The standard InChI is InChI=1S/2C8H11.2CH3.2ClH.H2Si.Ti/c2*1-3-8-5-4-7(2)6-8;;;;;;/h2*6H,3,5H2,1-2H3;2*1H3;2*1H;1H2;/q4*-1;;;;. The molecule has 0 aliphatic heterocycles. The Balaban J connectivity index is -0.0000000676. The summed E-state index contributed by atoms with van der Waals surface area (Å²) in [5, 5.41) is 0. The molecule has 2 aliphatic carbocycles. The van der Waals surface area contributed by atoms with Gasteiger partial charge in [0.15, 0.2) is 0 Å². The molecule has 0 saturated carbocycles. The van der Waals surface area contributed by atoms with Crippen LogP contribution in [0.4, 0.5) is 0 Å². The fraction of sp³-hybridized carbons (Fsp3) is 0.444. The van der Waals surface area contributed by atoms with E-state index in [9.17, 15) is 0 Å². The molecule has 0 amide bonds. The maximum absolute atomic E-state index is 3.24. The van der Waals surface area contributed by atoms with Crippen molar-refractivity contribution in [1.29, 1.82) is 0 Å². The van der Waals surface area contributed by atoms with Crippen LogP contribution in [-0.2, 0) is 19.2 Å². The van der Waals surface area contributed by atoms with Gasteiger partial charge in [-0.15, -0.1) is 37.7 Å². The van der Waals surface area contributed by atoms with Crippen LogP contribution < -0.4 is 0 Å². The van der Waals surface area contributed by atoms with Crippen molar-refractivity contribution in [3.63, 3.8) is 0 Å². The summed E-state index contributed by atoms with van der Waals surface area (Å²) in [6.07, 6.45) is 15.4. The van der Waals surface area contributed by atoms with Crippen LogP contribution in [0, 0.1) is 27.0 Å². The zero-order valence-electron chi connectivity index (χ0n) is 15.0. The first-order chi connectivity index (χ1) is 8.65. The zero-order valence-corrected chi connectivity index (χ0v) is 19.6. The number of rotatable bonds is 2. The molecule has 0 fully saturated rings. The van der Waals surface area contributed by atoms with E-state index in [0.717, 1.165) is 12.8 Å². The fourth-order valence-electron chi connectivity index (χ4n) is 1.78. The van der Waals surface area contributed by atoms with Crippen molar-refractivity contribution in [3.05, 3.63) is 61.4 Å². The second kappa shape index (κ2) is 21.5. The minimum atomic E-state index is 0. The molecule has 0 aromatic carbocycles. The van der Waals surface area contributed by atoms with Crippen molar-refractivity contribution in [2.24, 2.45) is 0 Å². The van der Waals surface area contributed by atoms with Gasteiger partial charge >= 0.3 is 26.8 Å². The predicted octanol–water partition coefficient (Wildman–Crippen LogP) is 5.78. The Morgan fingerprint density at radius 1 is 0.864 bits per heavy atom. The molecule has 130 valence electrons. The van der Waals surface area contributed by atoms with E-state index in [-0.39, 0.29) is 39.7 Å². The van der Waals surface area contributed by atoms with Crippen LogP contribution in [0.25, 0.3) is 0 Å². The first kappa shape index (κ1) is 33.9. The van der Waals surface area contributed by atoms with Gasteiger partial charge in [-0.1, -0.05) is 40.5 Å². The van der Waals surface area contributed by atoms with Crippen molar-refractivity contribution >= 4 is 32.4 Å². The Hall–Kier alpha value is 0.471. The zero-order chi connectivity index (χ0) is 14.0. The molecule has 0 radical (unpaired) electrons. The average Bonchev–Trinajstić information content (AvgIpc) is 3.01. The fourth-order valence-corrected chi connectivity index (χ4v) is 1.78. The molecule has 0 nitrogen and oxygen atoms in total. The van der Waals surface area contributed by atoms with Crippen LogP contribution in [0.3, 0.4) is 0 Å². The monoisotopic (exact) mass is 394 g/mol. The Labute approximate surface area is 165 Å². The quantitative estimate of drug-likeness (QED) is 0.411. The van der Waals surface area contributed by atoms with Gasteiger partial charge in [0.05, 0.1) is 0 Å². The van der Waals surface area contributed by atoms with E-state index < -0.39 is 0 Å². The molecular weight excluding hydrogens is 363 g/mol. The van der Waals surface area contributed by atoms with Crippen LogP contribution >= 0.6 is 24.8 Å². The van der Waals surface area contributed by atoms with Crippen molar-refractivity contribution in [1.82, 2.24) is 0 Å². The van der Waals surface area contributed by atoms with Crippen molar-refractivity contribution in [2.75, 3.05) is 0 Å². The van der Waals surface area contributed by atoms with Crippen molar-refractivity contribution < 1.29 is 19.2 Å². The maximum atomic E-state index is 3.24. The van der Waals surface area contributed by atoms with Gasteiger partial charge in [0, 0.05) is 0 Å². The molecule has 0 saturated heterocycles. The molecule has 4 heteroatoms. The summed E-state index contributed by atoms with van der Waals surface area (Å²) in [4.78, 5) is 0. The van der Waals surface area contributed by atoms with Gasteiger partial charge in [0.25, 0.3) is 0 Å². The predicted molar refractivity (Wildman–Crippen MR) is 107 cm³/mol. The van der Waals surface area contributed by atoms with Crippen molar-refractivity contribution in [2.45, 2.75) is 53.4 Å². The van der Waals surface area contributed by atoms with E-state index in [2.05, 4.69) is 52.0 Å². The third kappa shape index (κ3) is 15.4. The summed E-state index contributed by atoms with van der Waals surface area (Å²) < 4.78 is 0. The summed E-state index contributed by atoms with van der Waals surface area (Å²) >= 11 is 2.03. The third-order valence-electron chi connectivity index (χ3n) is 2.94. The van der Waals surface area contributed by atoms with Gasteiger partial charge in [-0.2, -0.15) is 11.1 Å². The molecule has 22 heavy (non-hydrogen) atoms. The minimum absolute atomic E-state index is 0. The number of hydrogen-bond acceptors (Lipinski definition) is 0. The van der Waals surface area contributed by atoms with Gasteiger partial charge < -0.3 is 14.9 Å². The molecular formula is C18H32Cl2SiTi-4. The SMILES string of the molecule is CCC1=CC(C)=[C-]C1.CCC1=CC(C)=[C-]C1.Cl.Cl.[CH3-].[CH3-].[SiH2]=[Ti]. The Kier molecular flexibility index (Phi) is 33.1. The molecule has 0 heterocycles. The first-order valence-electron chi connectivity index (χ1n) is 6.54. The Bertz CT molecular complexity index is 347. The van der Waals surface area contributed by atoms with Crippen molar-refractivity contribution in [3.8, 4) is 0 Å². The topological polar surface area (TPSA) is 0 Å². The number of hydrogen-bond donors (Lipinski definition) is 0. The van der Waals surface area contributed by atoms with E-state index in [1.54, 1.807) is 0 Å². The van der Waals surface area contributed by atoms with Gasteiger partial charge in [-0.05, 0) is 0 Å². The van der Waals surface area contributed by atoms with Crippen LogP contribution in [0.2, 0.25) is 0 Å². The van der Waals surface area contributed by atoms with E-state index in [4.69, 9.17) is 0 Å². The summed E-state index contributed by atoms with van der Waals surface area (Å²) in [5.74, 6) is 0. The summed E-state index contributed by atoms with van der Waals surface area (Å²) in [7, 11) is 1.86. The molecule has 0 aromatic rings. The summed E-state index contributed by atoms with van der Waals surface area (Å²) in [6.45, 7) is 8.57. The second-order valence-electron chi connectivity index (χ2n) is 4.39. The molecule has 0 bridgehead atoms. The molecule has 0 N–H and O–H groups in total. The van der Waals surface area contributed by atoms with Gasteiger partial charge in [0.1, 0.15) is 0 Å². The molecule has 0 atom stereocenters. The van der Waals surface area contributed by atoms with Crippen LogP contribution in [-0.4, -0.2) is 7.63 Å². The normalized spacial score (nSPS) is 13.4. The molecule has 0 unspecified atom stereocenters. The molecule has 0 aromatic heterocycles. The number of allylic oxidation sites excluding steroid dienone is 8. The summed E-state index contributed by atoms with van der Waals surface area (Å²) in [5.41, 5.74) is 5.65. The van der Waals surface area contributed by atoms with Crippen LogP contribution in [0.15, 0.2) is 34.4 Å². The molecule has 2 rings (SSSR count). The third-order valence-corrected chi connectivity index (χ3v) is 2.94. The van der Waals surface area contributed by atoms with E-state index in [0.29, 0.717) is 0 Å².